The van der Waals surface area contributed by atoms with Crippen LogP contribution in [0.2, 0.25) is 0 Å². The smallest absolute Gasteiger partial charge is 0.235 e. The molecule has 1 aliphatic rings. The van der Waals surface area contributed by atoms with E-state index in [2.05, 4.69) is 30.1 Å². The van der Waals surface area contributed by atoms with Crippen molar-refractivity contribution in [1.29, 1.82) is 0 Å². The van der Waals surface area contributed by atoms with E-state index in [9.17, 15) is 4.79 Å². The Kier molecular flexibility index (Phi) is 4.36. The van der Waals surface area contributed by atoms with Gasteiger partial charge in [-0.25, -0.2) is 9.97 Å². The lowest BCUT2D eigenvalue weighted by Crippen LogP contribution is -2.19. The van der Waals surface area contributed by atoms with E-state index in [1.807, 2.05) is 34.9 Å². The number of H-pyrrole nitrogens is 2. The van der Waals surface area contributed by atoms with Crippen molar-refractivity contribution in [2.24, 2.45) is 5.92 Å². The number of carbonyl (C=O) groups excluding carboxylic acids is 1. The van der Waals surface area contributed by atoms with Gasteiger partial charge in [0.15, 0.2) is 11.3 Å². The van der Waals surface area contributed by atoms with Crippen LogP contribution in [-0.4, -0.2) is 45.6 Å². The van der Waals surface area contributed by atoms with Crippen molar-refractivity contribution in [3.63, 3.8) is 0 Å². The number of fused-ring (bicyclic) bond motifs is 9. The van der Waals surface area contributed by atoms with Crippen molar-refractivity contribution >= 4 is 81.8 Å². The summed E-state index contributed by atoms with van der Waals surface area (Å²) >= 11 is 1.54. The van der Waals surface area contributed by atoms with Gasteiger partial charge in [0.25, 0.3) is 0 Å². The molecule has 7 aromatic heterocycles. The highest BCUT2D eigenvalue weighted by Gasteiger charge is 2.25. The Balaban J connectivity index is 1.60. The molecule has 1 fully saturated rings. The van der Waals surface area contributed by atoms with Gasteiger partial charge in [0.2, 0.25) is 5.91 Å². The van der Waals surface area contributed by atoms with Crippen LogP contribution in [0.4, 0.5) is 0 Å². The summed E-state index contributed by atoms with van der Waals surface area (Å²) in [5.41, 5.74) is 5.16. The third kappa shape index (κ3) is 3.15. The van der Waals surface area contributed by atoms with E-state index < -0.39 is 0 Å². The molecular formula is C27H20N8OS. The molecule has 0 radical (unpaired) electrons. The summed E-state index contributed by atoms with van der Waals surface area (Å²) < 4.78 is 2.78. The lowest BCUT2D eigenvalue weighted by Gasteiger charge is -2.12. The third-order valence-corrected chi connectivity index (χ3v) is 8.40. The molecule has 0 spiro atoms. The van der Waals surface area contributed by atoms with E-state index >= 15 is 0 Å². The molecule has 180 valence electrons. The van der Waals surface area contributed by atoms with Gasteiger partial charge >= 0.3 is 0 Å². The number of pyridine rings is 3. The largest absolute Gasteiger partial charge is 0.336 e. The maximum Gasteiger partial charge on any atom is 0.235 e. The lowest BCUT2D eigenvalue weighted by molar-refractivity contribution is 0.0847. The number of carbonyl (C=O) groups is 1. The number of nitrogens with zero attached hydrogens (tertiary/aromatic N) is 6. The van der Waals surface area contributed by atoms with Crippen LogP contribution in [0.25, 0.3) is 64.6 Å². The van der Waals surface area contributed by atoms with E-state index in [1.54, 1.807) is 24.8 Å². The zero-order chi connectivity index (χ0) is 24.5. The van der Waals surface area contributed by atoms with Gasteiger partial charge < -0.3 is 4.98 Å². The van der Waals surface area contributed by atoms with Crippen LogP contribution in [0, 0.1) is 5.92 Å². The fourth-order valence-corrected chi connectivity index (χ4v) is 6.50. The molecule has 8 bridgehead atoms. The number of aromatic nitrogens is 8. The minimum atomic E-state index is 0.0123. The number of nitrogens with one attached hydrogen (secondary N) is 2. The molecule has 37 heavy (non-hydrogen) atoms. The van der Waals surface area contributed by atoms with Crippen LogP contribution in [0.15, 0.2) is 55.1 Å². The van der Waals surface area contributed by atoms with Crippen LogP contribution in [0.3, 0.4) is 0 Å². The fraction of sp³-hybridized carbons (Fsp3) is 0.185. The minimum Gasteiger partial charge on any atom is -0.336 e. The maximum atomic E-state index is 13.9. The normalized spacial score (nSPS) is 14.6. The highest BCUT2D eigenvalue weighted by Crippen LogP contribution is 2.32. The van der Waals surface area contributed by atoms with Crippen molar-refractivity contribution < 1.29 is 4.79 Å². The quantitative estimate of drug-likeness (QED) is 0.281. The zero-order valence-corrected chi connectivity index (χ0v) is 20.4. The Morgan fingerprint density at radius 1 is 0.946 bits per heavy atom. The second-order valence-corrected chi connectivity index (χ2v) is 10.6. The molecule has 0 aromatic carbocycles. The topological polar surface area (TPSA) is 118 Å². The Morgan fingerprint density at radius 3 is 2.76 bits per heavy atom. The van der Waals surface area contributed by atoms with Crippen molar-refractivity contribution in [3.8, 4) is 0 Å². The number of rotatable bonds is 1. The third-order valence-electron chi connectivity index (χ3n) is 7.33. The molecular weight excluding hydrogens is 484 g/mol. The van der Waals surface area contributed by atoms with Gasteiger partial charge in [-0.2, -0.15) is 5.10 Å². The summed E-state index contributed by atoms with van der Waals surface area (Å²) in [6.45, 7) is 0. The van der Waals surface area contributed by atoms with Crippen molar-refractivity contribution in [2.75, 3.05) is 0 Å². The Hall–Kier alpha value is -4.44. The number of thiophene rings is 1. The summed E-state index contributed by atoms with van der Waals surface area (Å²) in [7, 11) is 0. The first-order valence-electron chi connectivity index (χ1n) is 12.3. The molecule has 0 atom stereocenters. The van der Waals surface area contributed by atoms with Crippen molar-refractivity contribution in [1.82, 2.24) is 39.7 Å². The first kappa shape index (κ1) is 20.7. The highest BCUT2D eigenvalue weighted by molar-refractivity contribution is 7.24. The Labute approximate surface area is 212 Å². The fourth-order valence-electron chi connectivity index (χ4n) is 5.47. The van der Waals surface area contributed by atoms with Crippen LogP contribution < -0.4 is 0 Å². The monoisotopic (exact) mass is 504 g/mol. The van der Waals surface area contributed by atoms with Crippen LogP contribution in [0.1, 0.15) is 30.5 Å². The summed E-state index contributed by atoms with van der Waals surface area (Å²) in [6.07, 6.45) is 11.2. The summed E-state index contributed by atoms with van der Waals surface area (Å²) in [5, 5.41) is 10.2. The molecule has 8 rings (SSSR count). The predicted octanol–water partition coefficient (Wildman–Crippen LogP) is 6.05. The van der Waals surface area contributed by atoms with E-state index in [4.69, 9.17) is 4.98 Å². The first-order valence-corrected chi connectivity index (χ1v) is 13.1. The van der Waals surface area contributed by atoms with E-state index in [0.717, 1.165) is 73.4 Å². The maximum absolute atomic E-state index is 13.9. The van der Waals surface area contributed by atoms with Gasteiger partial charge in [0.05, 0.1) is 27.3 Å². The van der Waals surface area contributed by atoms with Gasteiger partial charge in [-0.1, -0.05) is 12.8 Å². The predicted molar refractivity (Wildman–Crippen MR) is 145 cm³/mol. The minimum absolute atomic E-state index is 0.0123. The molecule has 1 saturated carbocycles. The zero-order valence-electron chi connectivity index (χ0n) is 19.6. The average molecular weight is 505 g/mol. The molecule has 0 saturated heterocycles. The van der Waals surface area contributed by atoms with Crippen molar-refractivity contribution in [3.05, 3.63) is 55.1 Å². The number of imidazole rings is 1. The Bertz CT molecular complexity index is 2090. The second-order valence-electron chi connectivity index (χ2n) is 9.56. The number of hydrogen-bond donors (Lipinski definition) is 2. The van der Waals surface area contributed by atoms with Gasteiger partial charge in [0.1, 0.15) is 21.4 Å². The van der Waals surface area contributed by atoms with Crippen LogP contribution >= 0.6 is 11.3 Å². The van der Waals surface area contributed by atoms with Gasteiger partial charge in [-0.05, 0) is 43.2 Å². The number of aromatic amines is 2. The van der Waals surface area contributed by atoms with E-state index in [-0.39, 0.29) is 11.8 Å². The second kappa shape index (κ2) is 7.78. The lowest BCUT2D eigenvalue weighted by atomic mass is 10.1. The molecule has 0 aliphatic heterocycles. The molecule has 9 nitrogen and oxygen atoms in total. The molecule has 10 heteroatoms. The van der Waals surface area contributed by atoms with Crippen LogP contribution in [0.5, 0.6) is 0 Å². The van der Waals surface area contributed by atoms with Gasteiger partial charge in [-0.15, -0.1) is 11.3 Å². The summed E-state index contributed by atoms with van der Waals surface area (Å²) in [4.78, 5) is 36.9. The first-order chi connectivity index (χ1) is 18.2. The highest BCUT2D eigenvalue weighted by atomic mass is 32.1. The van der Waals surface area contributed by atoms with E-state index in [1.165, 1.54) is 11.3 Å². The average Bonchev–Trinajstić information content (AvgIpc) is 3.73. The summed E-state index contributed by atoms with van der Waals surface area (Å²) in [5.74, 6) is 0.131. The van der Waals surface area contributed by atoms with Crippen LogP contribution in [-0.2, 0) is 0 Å². The molecule has 0 amide bonds. The van der Waals surface area contributed by atoms with Crippen molar-refractivity contribution in [2.45, 2.75) is 25.7 Å². The standard InChI is InChI=1S/C27H20N8OS/c36-27(14-3-1-2-4-14)35-17-9-15(11-28-13-17)16-10-18-22(33-34-25(18)30-12-16)26-31-19-7-8-29-24(23(19)32-26)20-5-6-21(35)37-20/h5-14H,1-4H2,(H,31,32)(H,30,33,34). The Morgan fingerprint density at radius 2 is 1.84 bits per heavy atom. The van der Waals surface area contributed by atoms with Gasteiger partial charge in [0, 0.05) is 35.3 Å². The van der Waals surface area contributed by atoms with E-state index in [0.29, 0.717) is 16.8 Å². The molecule has 1 aliphatic carbocycles. The summed E-state index contributed by atoms with van der Waals surface area (Å²) in [6, 6.07) is 9.99. The number of hydrogen-bond acceptors (Lipinski definition) is 7. The molecule has 7 heterocycles. The SMILES string of the molecule is O=C(C1CCCC1)n1c2cncc(c2)c2cnc3[nH]nc(c4nc5c(ccnc5c5ccc1s5)[nH]4)c3c2. The van der Waals surface area contributed by atoms with Gasteiger partial charge in [-0.3, -0.25) is 24.4 Å². The molecule has 7 aromatic rings. The molecule has 2 N–H and O–H groups in total. The molecule has 0 unspecified atom stereocenters.